The van der Waals surface area contributed by atoms with Crippen LogP contribution in [0.25, 0.3) is 16.5 Å². The SMILES string of the molecule is COc1coc(CN=Cc2c(O)[nH]c(=O)c3ccc(-n4cccc4)cc23)cc1=O. The number of benzene rings is 1. The molecule has 0 spiro atoms. The minimum Gasteiger partial charge on any atom is -0.494 e. The van der Waals surface area contributed by atoms with Gasteiger partial charge >= 0.3 is 0 Å². The number of nitrogens with one attached hydrogen (secondary N) is 1. The van der Waals surface area contributed by atoms with Gasteiger partial charge in [-0.25, -0.2) is 0 Å². The molecule has 0 saturated carbocycles. The van der Waals surface area contributed by atoms with Gasteiger partial charge in [-0.15, -0.1) is 0 Å². The van der Waals surface area contributed by atoms with Crippen LogP contribution in [0.1, 0.15) is 11.3 Å². The number of hydrogen-bond acceptors (Lipinski definition) is 6. The van der Waals surface area contributed by atoms with Crippen LogP contribution in [-0.4, -0.2) is 28.0 Å². The van der Waals surface area contributed by atoms with E-state index in [4.69, 9.17) is 9.15 Å². The van der Waals surface area contributed by atoms with E-state index >= 15 is 0 Å². The number of fused-ring (bicyclic) bond motifs is 1. The smallest absolute Gasteiger partial charge is 0.258 e. The van der Waals surface area contributed by atoms with Crippen molar-refractivity contribution in [3.63, 3.8) is 0 Å². The highest BCUT2D eigenvalue weighted by Gasteiger charge is 2.11. The van der Waals surface area contributed by atoms with E-state index in [9.17, 15) is 14.7 Å². The van der Waals surface area contributed by atoms with Gasteiger partial charge in [0.15, 0.2) is 0 Å². The number of hydrogen-bond donors (Lipinski definition) is 2. The minimum atomic E-state index is -0.394. The lowest BCUT2D eigenvalue weighted by atomic mass is 10.1. The Hall–Kier alpha value is -4.07. The van der Waals surface area contributed by atoms with Gasteiger partial charge in [0.1, 0.15) is 12.0 Å². The molecule has 0 aliphatic carbocycles. The molecule has 0 saturated heterocycles. The molecular formula is C21H17N3O5. The van der Waals surface area contributed by atoms with E-state index in [-0.39, 0.29) is 23.6 Å². The molecule has 1 aromatic carbocycles. The van der Waals surface area contributed by atoms with E-state index in [0.717, 1.165) is 5.69 Å². The first-order chi connectivity index (χ1) is 14.1. The fraction of sp³-hybridized carbons (Fsp3) is 0.0952. The number of aromatic amines is 1. The van der Waals surface area contributed by atoms with Crippen LogP contribution < -0.4 is 15.7 Å². The molecule has 0 unspecified atom stereocenters. The van der Waals surface area contributed by atoms with Crippen LogP contribution in [0.15, 0.2) is 74.1 Å². The van der Waals surface area contributed by atoms with Crippen molar-refractivity contribution in [3.8, 4) is 17.3 Å². The Kier molecular flexibility index (Phi) is 4.74. The summed E-state index contributed by atoms with van der Waals surface area (Å²) >= 11 is 0. The highest BCUT2D eigenvalue weighted by Crippen LogP contribution is 2.24. The van der Waals surface area contributed by atoms with Crippen molar-refractivity contribution in [2.24, 2.45) is 4.99 Å². The number of rotatable bonds is 5. The molecule has 0 atom stereocenters. The monoisotopic (exact) mass is 391 g/mol. The van der Waals surface area contributed by atoms with Gasteiger partial charge in [0.05, 0.1) is 19.2 Å². The zero-order valence-corrected chi connectivity index (χ0v) is 15.5. The molecule has 0 radical (unpaired) electrons. The van der Waals surface area contributed by atoms with Gasteiger partial charge < -0.3 is 18.8 Å². The van der Waals surface area contributed by atoms with Crippen LogP contribution in [0.4, 0.5) is 0 Å². The van der Waals surface area contributed by atoms with Crippen LogP contribution in [0, 0.1) is 0 Å². The standard InChI is InChI=1S/C21H17N3O5/c1-28-19-12-29-14(9-18(19)25)10-22-11-17-16-8-13(24-6-2-3-7-24)4-5-15(16)20(26)23-21(17)27/h2-9,11-12H,10H2,1H3,(H2,23,26,27). The maximum atomic E-state index is 12.2. The molecule has 0 aliphatic rings. The Morgan fingerprint density at radius 3 is 2.72 bits per heavy atom. The fourth-order valence-corrected chi connectivity index (χ4v) is 3.02. The average Bonchev–Trinajstić information content (AvgIpc) is 3.25. The second-order valence-electron chi connectivity index (χ2n) is 6.29. The first-order valence-electron chi connectivity index (χ1n) is 8.74. The zero-order chi connectivity index (χ0) is 20.4. The molecule has 0 bridgehead atoms. The number of aliphatic imine (C=N–C) groups is 1. The lowest BCUT2D eigenvalue weighted by molar-refractivity contribution is 0.379. The summed E-state index contributed by atoms with van der Waals surface area (Å²) in [7, 11) is 1.39. The van der Waals surface area contributed by atoms with Crippen molar-refractivity contribution in [2.45, 2.75) is 6.54 Å². The van der Waals surface area contributed by atoms with E-state index in [1.54, 1.807) is 12.1 Å². The van der Waals surface area contributed by atoms with Crippen molar-refractivity contribution in [1.29, 1.82) is 0 Å². The molecule has 2 N–H and O–H groups in total. The second kappa shape index (κ2) is 7.51. The first kappa shape index (κ1) is 18.3. The summed E-state index contributed by atoms with van der Waals surface area (Å²) in [6.45, 7) is 0.0799. The normalized spacial score (nSPS) is 11.3. The number of pyridine rings is 1. The van der Waals surface area contributed by atoms with Gasteiger partial charge in [0.25, 0.3) is 5.56 Å². The fourth-order valence-electron chi connectivity index (χ4n) is 3.02. The minimum absolute atomic E-state index is 0.0799. The van der Waals surface area contributed by atoms with E-state index < -0.39 is 5.56 Å². The molecule has 3 aromatic heterocycles. The van der Waals surface area contributed by atoms with Crippen molar-refractivity contribution < 1.29 is 14.3 Å². The van der Waals surface area contributed by atoms with Crippen LogP contribution in [0.2, 0.25) is 0 Å². The van der Waals surface area contributed by atoms with Gasteiger partial charge in [-0.2, -0.15) is 0 Å². The maximum absolute atomic E-state index is 12.2. The summed E-state index contributed by atoms with van der Waals surface area (Å²) < 4.78 is 12.1. The van der Waals surface area contributed by atoms with Gasteiger partial charge in [-0.05, 0) is 30.3 Å². The lowest BCUT2D eigenvalue weighted by Crippen LogP contribution is -2.08. The van der Waals surface area contributed by atoms with Crippen molar-refractivity contribution in [1.82, 2.24) is 9.55 Å². The third-order valence-electron chi connectivity index (χ3n) is 4.47. The predicted molar refractivity (Wildman–Crippen MR) is 108 cm³/mol. The summed E-state index contributed by atoms with van der Waals surface area (Å²) in [4.78, 5) is 30.7. The molecule has 0 aliphatic heterocycles. The third-order valence-corrected chi connectivity index (χ3v) is 4.47. The summed E-state index contributed by atoms with van der Waals surface area (Å²) in [5.41, 5.74) is 0.500. The Bertz CT molecular complexity index is 1320. The van der Waals surface area contributed by atoms with Crippen LogP contribution in [0.5, 0.6) is 11.6 Å². The molecule has 4 aromatic rings. The number of aromatic hydroxyl groups is 1. The molecule has 3 heterocycles. The van der Waals surface area contributed by atoms with Gasteiger partial charge in [-0.3, -0.25) is 19.6 Å². The van der Waals surface area contributed by atoms with E-state index in [1.807, 2.05) is 35.2 Å². The molecular weight excluding hydrogens is 374 g/mol. The van der Waals surface area contributed by atoms with E-state index in [0.29, 0.717) is 22.1 Å². The molecule has 8 nitrogen and oxygen atoms in total. The highest BCUT2D eigenvalue weighted by atomic mass is 16.5. The predicted octanol–water partition coefficient (Wildman–Crippen LogP) is 2.61. The molecule has 0 fully saturated rings. The zero-order valence-electron chi connectivity index (χ0n) is 15.5. The Morgan fingerprint density at radius 2 is 2.00 bits per heavy atom. The number of ether oxygens (including phenoxy) is 1. The Balaban J connectivity index is 1.73. The van der Waals surface area contributed by atoms with Gasteiger partial charge in [0, 0.05) is 41.1 Å². The summed E-state index contributed by atoms with van der Waals surface area (Å²) in [5.74, 6) is 0.167. The summed E-state index contributed by atoms with van der Waals surface area (Å²) in [6, 6.07) is 10.4. The molecule has 4 rings (SSSR count). The lowest BCUT2D eigenvalue weighted by Gasteiger charge is -2.08. The molecule has 8 heteroatoms. The van der Waals surface area contributed by atoms with E-state index in [1.165, 1.54) is 25.7 Å². The highest BCUT2D eigenvalue weighted by molar-refractivity contribution is 6.02. The van der Waals surface area contributed by atoms with Crippen LogP contribution >= 0.6 is 0 Å². The molecule has 0 amide bonds. The largest absolute Gasteiger partial charge is 0.494 e. The number of methoxy groups -OCH3 is 1. The Morgan fingerprint density at radius 1 is 1.21 bits per heavy atom. The molecule has 29 heavy (non-hydrogen) atoms. The van der Waals surface area contributed by atoms with Gasteiger partial charge in [-0.1, -0.05) is 0 Å². The van der Waals surface area contributed by atoms with Crippen molar-refractivity contribution in [2.75, 3.05) is 7.11 Å². The topological polar surface area (TPSA) is 110 Å². The summed E-state index contributed by atoms with van der Waals surface area (Å²) in [5, 5.41) is 11.3. The number of aromatic nitrogens is 2. The van der Waals surface area contributed by atoms with Crippen LogP contribution in [-0.2, 0) is 6.54 Å². The van der Waals surface area contributed by atoms with Crippen molar-refractivity contribution in [3.05, 3.63) is 87.0 Å². The van der Waals surface area contributed by atoms with Crippen molar-refractivity contribution >= 4 is 17.0 Å². The number of H-pyrrole nitrogens is 1. The molecule has 146 valence electrons. The van der Waals surface area contributed by atoms with Gasteiger partial charge in [0.2, 0.25) is 17.1 Å². The second-order valence-corrected chi connectivity index (χ2v) is 6.29. The maximum Gasteiger partial charge on any atom is 0.258 e. The number of nitrogens with zero attached hydrogens (tertiary/aromatic N) is 2. The third kappa shape index (κ3) is 3.55. The van der Waals surface area contributed by atoms with E-state index in [2.05, 4.69) is 9.98 Å². The quantitative estimate of drug-likeness (QED) is 0.508. The summed E-state index contributed by atoms with van der Waals surface area (Å²) in [6.07, 6.45) is 6.43. The Labute approximate surface area is 164 Å². The first-order valence-corrected chi connectivity index (χ1v) is 8.74. The van der Waals surface area contributed by atoms with Crippen LogP contribution in [0.3, 0.4) is 0 Å². The average molecular weight is 391 g/mol.